The summed E-state index contributed by atoms with van der Waals surface area (Å²) in [4.78, 5) is 25.1. The number of hydrogen-bond donors (Lipinski definition) is 2. The van der Waals surface area contributed by atoms with Crippen LogP contribution in [-0.4, -0.2) is 29.9 Å². The van der Waals surface area contributed by atoms with Crippen molar-refractivity contribution in [2.75, 3.05) is 13.2 Å². The van der Waals surface area contributed by atoms with Gasteiger partial charge in [-0.05, 0) is 24.1 Å². The highest BCUT2D eigenvalue weighted by Gasteiger charge is 2.33. The van der Waals surface area contributed by atoms with E-state index in [9.17, 15) is 9.59 Å². The van der Waals surface area contributed by atoms with Crippen LogP contribution >= 0.6 is 0 Å². The molecule has 0 saturated carbocycles. The number of nitrogens with two attached hydrogens (primary N) is 1. The quantitative estimate of drug-likeness (QED) is 0.461. The molecule has 1 atom stereocenters. The number of hydrazine groups is 1. The summed E-state index contributed by atoms with van der Waals surface area (Å²) in [5.41, 5.74) is 3.12. The Kier molecular flexibility index (Phi) is 5.16. The van der Waals surface area contributed by atoms with Gasteiger partial charge in [-0.25, -0.2) is 5.84 Å². The number of carbonyl (C=O) groups excluding carboxylic acids is 2. The number of nitrogens with zero attached hydrogens (tertiary/aromatic N) is 1. The molecule has 6 heteroatoms. The number of rotatable bonds is 6. The van der Waals surface area contributed by atoms with Crippen molar-refractivity contribution in [2.45, 2.75) is 26.3 Å². The van der Waals surface area contributed by atoms with Crippen molar-refractivity contribution in [3.8, 4) is 5.75 Å². The van der Waals surface area contributed by atoms with Gasteiger partial charge >= 0.3 is 0 Å². The second-order valence-corrected chi connectivity index (χ2v) is 5.18. The van der Waals surface area contributed by atoms with Crippen LogP contribution in [-0.2, 0) is 16.1 Å². The number of likely N-dealkylation sites (tertiary alicyclic amines) is 1. The second kappa shape index (κ2) is 7.08. The van der Waals surface area contributed by atoms with Crippen LogP contribution in [0.1, 0.15) is 25.3 Å². The lowest BCUT2D eigenvalue weighted by Gasteiger charge is -2.16. The predicted octanol–water partition coefficient (Wildman–Crippen LogP) is 0.814. The van der Waals surface area contributed by atoms with Gasteiger partial charge in [-0.1, -0.05) is 19.1 Å². The van der Waals surface area contributed by atoms with E-state index in [1.807, 2.05) is 24.3 Å². The van der Waals surface area contributed by atoms with Crippen molar-refractivity contribution in [3.05, 3.63) is 29.8 Å². The average molecular weight is 291 g/mol. The molecule has 2 rings (SSSR count). The van der Waals surface area contributed by atoms with Gasteiger partial charge in [0.15, 0.2) is 0 Å². The minimum absolute atomic E-state index is 0.0186. The van der Waals surface area contributed by atoms with Crippen molar-refractivity contribution >= 4 is 11.8 Å². The van der Waals surface area contributed by atoms with Crippen LogP contribution in [0.5, 0.6) is 5.75 Å². The molecule has 1 aromatic carbocycles. The second-order valence-electron chi connectivity index (χ2n) is 5.18. The normalized spacial score (nSPS) is 17.9. The number of hydrogen-bond acceptors (Lipinski definition) is 4. The van der Waals surface area contributed by atoms with E-state index in [0.717, 1.165) is 17.7 Å². The van der Waals surface area contributed by atoms with E-state index in [0.29, 0.717) is 19.7 Å². The van der Waals surface area contributed by atoms with E-state index in [1.54, 1.807) is 4.90 Å². The zero-order valence-corrected chi connectivity index (χ0v) is 12.2. The summed E-state index contributed by atoms with van der Waals surface area (Å²) in [5.74, 6) is 5.28. The number of nitrogens with one attached hydrogen (secondary N) is 1. The first-order chi connectivity index (χ1) is 10.1. The molecule has 114 valence electrons. The van der Waals surface area contributed by atoms with Crippen LogP contribution in [0.15, 0.2) is 24.3 Å². The van der Waals surface area contributed by atoms with Gasteiger partial charge in [-0.2, -0.15) is 0 Å². The summed E-state index contributed by atoms with van der Waals surface area (Å²) in [7, 11) is 0. The Bertz CT molecular complexity index is 501. The summed E-state index contributed by atoms with van der Waals surface area (Å²) in [6, 6.07) is 7.68. The Morgan fingerprint density at radius 2 is 2.14 bits per heavy atom. The summed E-state index contributed by atoms with van der Waals surface area (Å²) < 4.78 is 5.52. The molecule has 0 radical (unpaired) electrons. The van der Waals surface area contributed by atoms with Crippen molar-refractivity contribution in [2.24, 2.45) is 11.8 Å². The Hall–Kier alpha value is -2.08. The van der Waals surface area contributed by atoms with Crippen LogP contribution in [0, 0.1) is 5.92 Å². The lowest BCUT2D eigenvalue weighted by atomic mass is 10.1. The van der Waals surface area contributed by atoms with Gasteiger partial charge < -0.3 is 9.64 Å². The van der Waals surface area contributed by atoms with Gasteiger partial charge in [0, 0.05) is 19.5 Å². The van der Waals surface area contributed by atoms with Crippen LogP contribution in [0.25, 0.3) is 0 Å². The average Bonchev–Trinajstić information content (AvgIpc) is 2.87. The van der Waals surface area contributed by atoms with E-state index < -0.39 is 0 Å². The topological polar surface area (TPSA) is 84.7 Å². The van der Waals surface area contributed by atoms with Crippen LogP contribution in [0.3, 0.4) is 0 Å². The van der Waals surface area contributed by atoms with Gasteiger partial charge in [-0.15, -0.1) is 0 Å². The van der Waals surface area contributed by atoms with Crippen molar-refractivity contribution < 1.29 is 14.3 Å². The third kappa shape index (κ3) is 3.95. The van der Waals surface area contributed by atoms with Gasteiger partial charge in [0.05, 0.1) is 12.5 Å². The highest BCUT2D eigenvalue weighted by atomic mass is 16.5. The number of ether oxygens (including phenoxy) is 1. The maximum absolute atomic E-state index is 11.9. The molecule has 1 unspecified atom stereocenters. The first-order valence-corrected chi connectivity index (χ1v) is 7.14. The van der Waals surface area contributed by atoms with E-state index in [-0.39, 0.29) is 24.2 Å². The molecule has 6 nitrogen and oxygen atoms in total. The smallest absolute Gasteiger partial charge is 0.239 e. The molecule has 21 heavy (non-hydrogen) atoms. The lowest BCUT2D eigenvalue weighted by molar-refractivity contribution is -0.129. The maximum Gasteiger partial charge on any atom is 0.239 e. The summed E-state index contributed by atoms with van der Waals surface area (Å²) >= 11 is 0. The minimum Gasteiger partial charge on any atom is -0.494 e. The molecule has 1 fully saturated rings. The predicted molar refractivity (Wildman–Crippen MR) is 78.1 cm³/mol. The third-order valence-corrected chi connectivity index (χ3v) is 3.50. The molecule has 1 aromatic rings. The molecular formula is C15H21N3O3. The maximum atomic E-state index is 11.9. The molecule has 1 saturated heterocycles. The SMILES string of the molecule is CCCOc1ccc(CN2CC(C(=O)NN)CC2=O)cc1. The van der Waals surface area contributed by atoms with E-state index in [2.05, 4.69) is 12.3 Å². The number of carbonyl (C=O) groups is 2. The van der Waals surface area contributed by atoms with E-state index in [4.69, 9.17) is 10.6 Å². The van der Waals surface area contributed by atoms with Crippen molar-refractivity contribution in [1.82, 2.24) is 10.3 Å². The largest absolute Gasteiger partial charge is 0.494 e. The molecule has 0 bridgehead atoms. The first kappa shape index (κ1) is 15.3. The Morgan fingerprint density at radius 3 is 2.76 bits per heavy atom. The molecular weight excluding hydrogens is 270 g/mol. The van der Waals surface area contributed by atoms with E-state index in [1.165, 1.54) is 0 Å². The zero-order valence-electron chi connectivity index (χ0n) is 12.2. The lowest BCUT2D eigenvalue weighted by Crippen LogP contribution is -2.37. The van der Waals surface area contributed by atoms with Crippen LogP contribution in [0.2, 0.25) is 0 Å². The van der Waals surface area contributed by atoms with Crippen LogP contribution < -0.4 is 16.0 Å². The first-order valence-electron chi connectivity index (χ1n) is 7.14. The fourth-order valence-corrected chi connectivity index (χ4v) is 2.35. The molecule has 0 aliphatic carbocycles. The fourth-order valence-electron chi connectivity index (χ4n) is 2.35. The summed E-state index contributed by atoms with van der Waals surface area (Å²) in [6.07, 6.45) is 1.19. The van der Waals surface area contributed by atoms with Gasteiger partial charge in [0.2, 0.25) is 11.8 Å². The highest BCUT2D eigenvalue weighted by molar-refractivity contribution is 5.88. The third-order valence-electron chi connectivity index (χ3n) is 3.50. The minimum atomic E-state index is -0.352. The molecule has 3 N–H and O–H groups in total. The number of amides is 2. The highest BCUT2D eigenvalue weighted by Crippen LogP contribution is 2.21. The Morgan fingerprint density at radius 1 is 1.43 bits per heavy atom. The fraction of sp³-hybridized carbons (Fsp3) is 0.467. The molecule has 0 spiro atoms. The zero-order chi connectivity index (χ0) is 15.2. The molecule has 0 aromatic heterocycles. The van der Waals surface area contributed by atoms with Gasteiger partial charge in [0.1, 0.15) is 5.75 Å². The number of benzene rings is 1. The van der Waals surface area contributed by atoms with Crippen molar-refractivity contribution in [1.29, 1.82) is 0 Å². The molecule has 1 heterocycles. The Labute approximate surface area is 124 Å². The molecule has 1 aliphatic heterocycles. The van der Waals surface area contributed by atoms with Crippen molar-refractivity contribution in [3.63, 3.8) is 0 Å². The van der Waals surface area contributed by atoms with Gasteiger partial charge in [0.25, 0.3) is 0 Å². The summed E-state index contributed by atoms with van der Waals surface area (Å²) in [6.45, 7) is 3.66. The summed E-state index contributed by atoms with van der Waals surface area (Å²) in [5, 5.41) is 0. The molecule has 2 amide bonds. The molecule has 1 aliphatic rings. The van der Waals surface area contributed by atoms with Gasteiger partial charge in [-0.3, -0.25) is 15.0 Å². The van der Waals surface area contributed by atoms with E-state index >= 15 is 0 Å². The van der Waals surface area contributed by atoms with Crippen LogP contribution in [0.4, 0.5) is 0 Å². The monoisotopic (exact) mass is 291 g/mol. The Balaban J connectivity index is 1.92. The standard InChI is InChI=1S/C15H21N3O3/c1-2-7-21-13-5-3-11(4-6-13)9-18-10-12(8-14(18)19)15(20)17-16/h3-6,12H,2,7-10,16H2,1H3,(H,17,20).